The van der Waals surface area contributed by atoms with E-state index in [1.165, 1.54) is 0 Å². The van der Waals surface area contributed by atoms with Gasteiger partial charge in [0.1, 0.15) is 0 Å². The zero-order valence-electron chi connectivity index (χ0n) is 4.05. The predicted octanol–water partition coefficient (Wildman–Crippen LogP) is 0.0381. The number of hydrogen-bond acceptors (Lipinski definition) is 2. The summed E-state index contributed by atoms with van der Waals surface area (Å²) in [5, 5.41) is 0. The monoisotopic (exact) mass is 120 g/mol. The lowest BCUT2D eigenvalue weighted by molar-refractivity contribution is 0.380. The Hall–Kier alpha value is -0.0200. The van der Waals surface area contributed by atoms with Gasteiger partial charge in [-0.15, -0.1) is 0 Å². The molecule has 1 fully saturated rings. The molecule has 0 N–H and O–H groups in total. The van der Waals surface area contributed by atoms with Crippen LogP contribution < -0.4 is 0 Å². The highest BCUT2D eigenvalue weighted by atomic mass is 32.2. The first kappa shape index (κ1) is 5.12. The molecule has 1 saturated heterocycles. The maximum atomic E-state index is 10.7. The molecule has 0 aliphatic carbocycles. The summed E-state index contributed by atoms with van der Waals surface area (Å²) in [6.45, 7) is 0.627. The minimum Gasteiger partial charge on any atom is -0.298 e. The van der Waals surface area contributed by atoms with Crippen molar-refractivity contribution in [2.45, 2.75) is 6.42 Å². The highest BCUT2D eigenvalue weighted by molar-refractivity contribution is 7.96. The minimum atomic E-state index is -2.05. The highest BCUT2D eigenvalue weighted by Gasteiger charge is 2.10. The van der Waals surface area contributed by atoms with E-state index < -0.39 is 9.80 Å². The summed E-state index contributed by atoms with van der Waals surface area (Å²) in [6.07, 6.45) is 0.905. The summed E-state index contributed by atoms with van der Waals surface area (Å²) < 4.78 is 15.4. The van der Waals surface area contributed by atoms with E-state index in [1.54, 1.807) is 0 Å². The third-order valence-electron chi connectivity index (χ3n) is 0.898. The second-order valence-corrected chi connectivity index (χ2v) is 3.75. The molecule has 42 valence electrons. The molecule has 1 heterocycles. The minimum absolute atomic E-state index is 0.627. The molecular formula is C4H8O2S. The molecule has 0 aromatic rings. The van der Waals surface area contributed by atoms with Crippen LogP contribution in [0, 0.1) is 0 Å². The summed E-state index contributed by atoms with van der Waals surface area (Å²) in [5.41, 5.74) is 0. The Balaban J connectivity index is 2.76. The van der Waals surface area contributed by atoms with Crippen molar-refractivity contribution >= 4 is 15.7 Å². The maximum absolute atomic E-state index is 10.7. The summed E-state index contributed by atoms with van der Waals surface area (Å²) >= 11 is 0. The fraction of sp³-hybridized carbons (Fsp3) is 0.750. The first-order valence-electron chi connectivity index (χ1n) is 2.20. The van der Waals surface area contributed by atoms with E-state index in [-0.39, 0.29) is 0 Å². The van der Waals surface area contributed by atoms with Gasteiger partial charge in [-0.2, -0.15) is 0 Å². The van der Waals surface area contributed by atoms with Crippen LogP contribution in [0.5, 0.6) is 0 Å². The van der Waals surface area contributed by atoms with Crippen molar-refractivity contribution in [1.82, 2.24) is 0 Å². The molecule has 1 unspecified atom stereocenters. The first-order valence-corrected chi connectivity index (χ1v) is 4.02. The Labute approximate surface area is 43.7 Å². The molecule has 0 amide bonds. The third-order valence-corrected chi connectivity index (χ3v) is 2.40. The number of rotatable bonds is 0. The fourth-order valence-corrected chi connectivity index (χ4v) is 1.65. The zero-order chi connectivity index (χ0) is 5.33. The topological polar surface area (TPSA) is 26.3 Å². The zero-order valence-corrected chi connectivity index (χ0v) is 4.87. The summed E-state index contributed by atoms with van der Waals surface area (Å²) in [5.74, 6) is 4.02. The van der Waals surface area contributed by atoms with E-state index in [0.717, 1.165) is 6.42 Å². The van der Waals surface area contributed by atoms with Gasteiger partial charge in [0.05, 0.1) is 16.4 Å². The van der Waals surface area contributed by atoms with Crippen LogP contribution >= 0.6 is 0 Å². The average Bonchev–Trinajstić information content (AvgIpc) is 1.84. The molecule has 7 heavy (non-hydrogen) atoms. The Bertz CT molecular complexity index is 133. The highest BCUT2D eigenvalue weighted by Crippen LogP contribution is 2.04. The largest absolute Gasteiger partial charge is 0.298 e. The lowest BCUT2D eigenvalue weighted by Gasteiger charge is -1.91. The molecule has 1 rings (SSSR count). The van der Waals surface area contributed by atoms with Crippen molar-refractivity contribution in [3.8, 4) is 0 Å². The van der Waals surface area contributed by atoms with Crippen LogP contribution in [0.15, 0.2) is 0 Å². The Morgan fingerprint density at radius 1 is 1.71 bits per heavy atom. The molecule has 1 atom stereocenters. The molecule has 3 heteroatoms. The lowest BCUT2D eigenvalue weighted by atomic mass is 10.5. The summed E-state index contributed by atoms with van der Waals surface area (Å²) in [7, 11) is -2.05. The van der Waals surface area contributed by atoms with E-state index >= 15 is 0 Å². The third kappa shape index (κ3) is 1.17. The predicted molar refractivity (Wildman–Crippen MR) is 30.7 cm³/mol. The van der Waals surface area contributed by atoms with Crippen molar-refractivity contribution in [3.63, 3.8) is 0 Å². The second kappa shape index (κ2) is 1.49. The molecule has 1 aliphatic heterocycles. The van der Waals surface area contributed by atoms with E-state index in [9.17, 15) is 4.21 Å². The normalized spacial score (nSPS) is 41.7. The van der Waals surface area contributed by atoms with Crippen molar-refractivity contribution in [2.24, 2.45) is 0 Å². The summed E-state index contributed by atoms with van der Waals surface area (Å²) in [4.78, 5) is 0. The van der Waals surface area contributed by atoms with Gasteiger partial charge in [0.25, 0.3) is 0 Å². The van der Waals surface area contributed by atoms with Gasteiger partial charge in [-0.3, -0.25) is 4.18 Å². The molecular weight excluding hydrogens is 112 g/mol. The Kier molecular flexibility index (Phi) is 1.09. The lowest BCUT2D eigenvalue weighted by Crippen LogP contribution is -1.96. The van der Waals surface area contributed by atoms with Crippen LogP contribution in [0.2, 0.25) is 0 Å². The molecule has 0 aromatic carbocycles. The van der Waals surface area contributed by atoms with E-state index in [1.807, 2.05) is 0 Å². The van der Waals surface area contributed by atoms with E-state index in [2.05, 4.69) is 5.87 Å². The molecule has 0 spiro atoms. The molecule has 0 saturated carbocycles. The maximum Gasteiger partial charge on any atom is 0.0771 e. The molecule has 0 radical (unpaired) electrons. The standard InChI is InChI=1S/C4H8O2S/c1-7(5)4-2-3-6-7/h1-4H2. The van der Waals surface area contributed by atoms with Gasteiger partial charge in [-0.05, 0) is 12.3 Å². The van der Waals surface area contributed by atoms with Gasteiger partial charge in [0.2, 0.25) is 0 Å². The van der Waals surface area contributed by atoms with Gasteiger partial charge in [0, 0.05) is 5.75 Å². The van der Waals surface area contributed by atoms with Crippen LogP contribution in [0.1, 0.15) is 6.42 Å². The summed E-state index contributed by atoms with van der Waals surface area (Å²) in [6, 6.07) is 0. The average molecular weight is 120 g/mol. The fourth-order valence-electron chi connectivity index (χ4n) is 0.549. The van der Waals surface area contributed by atoms with Crippen molar-refractivity contribution in [3.05, 3.63) is 0 Å². The quantitative estimate of drug-likeness (QED) is 0.422. The van der Waals surface area contributed by atoms with Crippen LogP contribution in [0.25, 0.3) is 0 Å². The Morgan fingerprint density at radius 2 is 2.43 bits per heavy atom. The Morgan fingerprint density at radius 3 is 2.57 bits per heavy atom. The van der Waals surface area contributed by atoms with Crippen LogP contribution in [-0.4, -0.2) is 22.4 Å². The van der Waals surface area contributed by atoms with Crippen molar-refractivity contribution < 1.29 is 8.39 Å². The van der Waals surface area contributed by atoms with Gasteiger partial charge in [0.15, 0.2) is 0 Å². The SMILES string of the molecule is C=S1(=O)CCCO1. The van der Waals surface area contributed by atoms with Crippen LogP contribution in [0.4, 0.5) is 0 Å². The van der Waals surface area contributed by atoms with Crippen LogP contribution in [0.3, 0.4) is 0 Å². The smallest absolute Gasteiger partial charge is 0.0771 e. The molecule has 0 aromatic heterocycles. The molecule has 2 nitrogen and oxygen atoms in total. The van der Waals surface area contributed by atoms with E-state index in [0.29, 0.717) is 12.4 Å². The van der Waals surface area contributed by atoms with Gasteiger partial charge < -0.3 is 0 Å². The molecule has 1 aliphatic rings. The molecule has 0 bridgehead atoms. The second-order valence-electron chi connectivity index (χ2n) is 1.62. The first-order chi connectivity index (χ1) is 3.21. The van der Waals surface area contributed by atoms with E-state index in [4.69, 9.17) is 4.18 Å². The van der Waals surface area contributed by atoms with Crippen LogP contribution in [-0.2, 0) is 14.0 Å². The van der Waals surface area contributed by atoms with Crippen molar-refractivity contribution in [2.75, 3.05) is 12.4 Å². The van der Waals surface area contributed by atoms with Crippen molar-refractivity contribution in [1.29, 1.82) is 0 Å². The van der Waals surface area contributed by atoms with Gasteiger partial charge >= 0.3 is 0 Å². The van der Waals surface area contributed by atoms with Gasteiger partial charge in [-0.1, -0.05) is 0 Å². The number of hydrogen-bond donors (Lipinski definition) is 0. The van der Waals surface area contributed by atoms with Gasteiger partial charge in [-0.25, -0.2) is 4.21 Å².